The van der Waals surface area contributed by atoms with Crippen molar-refractivity contribution < 1.29 is 0 Å². The van der Waals surface area contributed by atoms with Crippen molar-refractivity contribution in [1.29, 1.82) is 0 Å². The number of aromatic nitrogens is 5. The molecule has 0 saturated heterocycles. The van der Waals surface area contributed by atoms with Crippen molar-refractivity contribution in [3.63, 3.8) is 0 Å². The molecule has 0 aliphatic rings. The molecule has 4 rings (SSSR count). The van der Waals surface area contributed by atoms with Gasteiger partial charge in [0.15, 0.2) is 0 Å². The van der Waals surface area contributed by atoms with Crippen LogP contribution >= 0.6 is 22.9 Å². The molecule has 9 heteroatoms. The van der Waals surface area contributed by atoms with Crippen LogP contribution in [-0.4, -0.2) is 24.7 Å². The molecule has 3 N–H and O–H groups in total. The lowest BCUT2D eigenvalue weighted by Gasteiger charge is -2.05. The van der Waals surface area contributed by atoms with Crippen LogP contribution in [0.3, 0.4) is 0 Å². The lowest BCUT2D eigenvalue weighted by Crippen LogP contribution is -2.21. The maximum atomic E-state index is 13.0. The van der Waals surface area contributed by atoms with Crippen molar-refractivity contribution in [2.75, 3.05) is 5.73 Å². The number of halogens is 1. The van der Waals surface area contributed by atoms with Crippen molar-refractivity contribution in [3.05, 3.63) is 56.7 Å². The van der Waals surface area contributed by atoms with E-state index >= 15 is 0 Å². The van der Waals surface area contributed by atoms with Crippen LogP contribution in [0.5, 0.6) is 0 Å². The summed E-state index contributed by atoms with van der Waals surface area (Å²) in [6.45, 7) is 2.19. The van der Waals surface area contributed by atoms with E-state index in [0.29, 0.717) is 21.1 Å². The molecule has 0 saturated carbocycles. The van der Waals surface area contributed by atoms with E-state index in [1.807, 2.05) is 25.1 Å². The molecule has 1 aromatic carbocycles. The molecule has 4 aromatic rings. The summed E-state index contributed by atoms with van der Waals surface area (Å²) < 4.78 is 1.49. The van der Waals surface area contributed by atoms with E-state index in [9.17, 15) is 4.79 Å². The Kier molecular flexibility index (Phi) is 3.78. The van der Waals surface area contributed by atoms with E-state index in [1.165, 1.54) is 22.2 Å². The first-order valence-corrected chi connectivity index (χ1v) is 8.63. The zero-order valence-electron chi connectivity index (χ0n) is 13.2. The van der Waals surface area contributed by atoms with Crippen molar-refractivity contribution in [3.8, 4) is 11.1 Å². The van der Waals surface area contributed by atoms with E-state index in [2.05, 4.69) is 20.2 Å². The van der Waals surface area contributed by atoms with Crippen LogP contribution in [0.1, 0.15) is 10.7 Å². The number of anilines is 1. The molecule has 0 aliphatic carbocycles. The SMILES string of the molecule is Cc1sc2ncn(Cc3nc(N)n[nH]3)c(=O)c2c1-c1cccc(Cl)c1. The molecule has 0 bridgehead atoms. The van der Waals surface area contributed by atoms with E-state index < -0.39 is 0 Å². The standard InChI is InChI=1S/C16H13ClN6OS/c1-8-12(9-3-2-4-10(17)5-9)13-14(25-8)19-7-23(15(13)24)6-11-20-16(18)22-21-11/h2-5,7H,6H2,1H3,(H3,18,20,21,22). The van der Waals surface area contributed by atoms with Gasteiger partial charge in [0.25, 0.3) is 5.56 Å². The van der Waals surface area contributed by atoms with Gasteiger partial charge in [-0.2, -0.15) is 4.98 Å². The minimum absolute atomic E-state index is 0.140. The highest BCUT2D eigenvalue weighted by Crippen LogP contribution is 2.36. The van der Waals surface area contributed by atoms with Gasteiger partial charge in [-0.25, -0.2) is 4.98 Å². The van der Waals surface area contributed by atoms with Crippen LogP contribution in [0.15, 0.2) is 35.4 Å². The fourth-order valence-corrected chi connectivity index (χ4v) is 3.98. The molecule has 0 radical (unpaired) electrons. The number of nitrogens with one attached hydrogen (secondary N) is 1. The van der Waals surface area contributed by atoms with Gasteiger partial charge in [-0.1, -0.05) is 23.7 Å². The zero-order valence-corrected chi connectivity index (χ0v) is 14.7. The molecular weight excluding hydrogens is 360 g/mol. The summed E-state index contributed by atoms with van der Waals surface area (Å²) in [5, 5.41) is 7.68. The smallest absolute Gasteiger partial charge is 0.263 e. The van der Waals surface area contributed by atoms with Crippen molar-refractivity contribution in [2.24, 2.45) is 0 Å². The topological polar surface area (TPSA) is 102 Å². The number of fused-ring (bicyclic) bond motifs is 1. The van der Waals surface area contributed by atoms with Gasteiger partial charge in [0, 0.05) is 15.5 Å². The van der Waals surface area contributed by atoms with Crippen LogP contribution < -0.4 is 11.3 Å². The van der Waals surface area contributed by atoms with Gasteiger partial charge in [0.1, 0.15) is 10.7 Å². The van der Waals surface area contributed by atoms with Crippen molar-refractivity contribution in [2.45, 2.75) is 13.5 Å². The minimum Gasteiger partial charge on any atom is -0.367 e. The van der Waals surface area contributed by atoms with Crippen molar-refractivity contribution >= 4 is 39.1 Å². The molecule has 0 unspecified atom stereocenters. The molecule has 3 aromatic heterocycles. The molecule has 25 heavy (non-hydrogen) atoms. The molecule has 0 fully saturated rings. The van der Waals surface area contributed by atoms with Crippen LogP contribution in [0.4, 0.5) is 5.95 Å². The monoisotopic (exact) mass is 372 g/mol. The van der Waals surface area contributed by atoms with E-state index in [-0.39, 0.29) is 18.1 Å². The third-order valence-electron chi connectivity index (χ3n) is 3.84. The average Bonchev–Trinajstić information content (AvgIpc) is 3.13. The summed E-state index contributed by atoms with van der Waals surface area (Å²) in [4.78, 5) is 23.2. The number of hydrogen-bond donors (Lipinski definition) is 2. The van der Waals surface area contributed by atoms with Crippen LogP contribution in [0, 0.1) is 6.92 Å². The molecule has 7 nitrogen and oxygen atoms in total. The lowest BCUT2D eigenvalue weighted by atomic mass is 10.0. The Morgan fingerprint density at radius 1 is 1.40 bits per heavy atom. The average molecular weight is 373 g/mol. The fraction of sp³-hybridized carbons (Fsp3) is 0.125. The Bertz CT molecular complexity index is 1150. The van der Waals surface area contributed by atoms with Crippen molar-refractivity contribution in [1.82, 2.24) is 24.7 Å². The van der Waals surface area contributed by atoms with Crippen LogP contribution in [0.25, 0.3) is 21.3 Å². The quantitative estimate of drug-likeness (QED) is 0.575. The highest BCUT2D eigenvalue weighted by molar-refractivity contribution is 7.19. The van der Waals surface area contributed by atoms with Gasteiger partial charge >= 0.3 is 0 Å². The van der Waals surface area contributed by atoms with Gasteiger partial charge in [0.05, 0.1) is 18.3 Å². The maximum absolute atomic E-state index is 13.0. The number of thiophene rings is 1. The van der Waals surface area contributed by atoms with Gasteiger partial charge in [-0.3, -0.25) is 14.5 Å². The molecule has 0 aliphatic heterocycles. The molecule has 126 valence electrons. The number of rotatable bonds is 3. The molecular formula is C16H13ClN6OS. The highest BCUT2D eigenvalue weighted by Gasteiger charge is 2.17. The normalized spacial score (nSPS) is 11.3. The second kappa shape index (κ2) is 5.98. The second-order valence-electron chi connectivity index (χ2n) is 5.54. The summed E-state index contributed by atoms with van der Waals surface area (Å²) in [6.07, 6.45) is 1.51. The Morgan fingerprint density at radius 2 is 2.24 bits per heavy atom. The number of H-pyrrole nitrogens is 1. The van der Waals surface area contributed by atoms with Gasteiger partial charge in [-0.05, 0) is 24.6 Å². The van der Waals surface area contributed by atoms with E-state index in [1.54, 1.807) is 6.07 Å². The Hall–Kier alpha value is -2.71. The number of hydrogen-bond acceptors (Lipinski definition) is 6. The summed E-state index contributed by atoms with van der Waals surface area (Å²) in [7, 11) is 0. The molecule has 0 amide bonds. The number of nitrogen functional groups attached to an aromatic ring is 1. The third-order valence-corrected chi connectivity index (χ3v) is 5.09. The van der Waals surface area contributed by atoms with Gasteiger partial charge < -0.3 is 5.73 Å². The van der Waals surface area contributed by atoms with Gasteiger partial charge in [0.2, 0.25) is 5.95 Å². The first-order chi connectivity index (χ1) is 12.0. The highest BCUT2D eigenvalue weighted by atomic mass is 35.5. The summed E-state index contributed by atoms with van der Waals surface area (Å²) in [5.41, 5.74) is 7.14. The zero-order chi connectivity index (χ0) is 17.6. The lowest BCUT2D eigenvalue weighted by molar-refractivity contribution is 0.710. The maximum Gasteiger partial charge on any atom is 0.263 e. The summed E-state index contributed by atoms with van der Waals surface area (Å²) in [5.74, 6) is 0.639. The first-order valence-electron chi connectivity index (χ1n) is 7.44. The van der Waals surface area contributed by atoms with Crippen LogP contribution in [-0.2, 0) is 6.54 Å². The Labute approximate surface area is 151 Å². The predicted molar refractivity (Wildman–Crippen MR) is 99.0 cm³/mol. The third kappa shape index (κ3) is 2.79. The summed E-state index contributed by atoms with van der Waals surface area (Å²) >= 11 is 7.61. The Morgan fingerprint density at radius 3 is 2.96 bits per heavy atom. The van der Waals surface area contributed by atoms with Crippen LogP contribution in [0.2, 0.25) is 5.02 Å². The first kappa shape index (κ1) is 15.8. The number of aryl methyl sites for hydroxylation is 1. The fourth-order valence-electron chi connectivity index (χ4n) is 2.78. The number of aromatic amines is 1. The van der Waals surface area contributed by atoms with E-state index in [4.69, 9.17) is 17.3 Å². The molecule has 0 atom stereocenters. The molecule has 0 spiro atoms. The number of nitrogens with zero attached hydrogens (tertiary/aromatic N) is 4. The molecule has 3 heterocycles. The predicted octanol–water partition coefficient (Wildman–Crippen LogP) is 2.84. The largest absolute Gasteiger partial charge is 0.367 e. The number of benzene rings is 1. The number of nitrogens with two attached hydrogens (primary N) is 1. The Balaban J connectivity index is 1.91. The minimum atomic E-state index is -0.140. The van der Waals surface area contributed by atoms with Gasteiger partial charge in [-0.15, -0.1) is 16.4 Å². The summed E-state index contributed by atoms with van der Waals surface area (Å²) in [6, 6.07) is 7.46. The second-order valence-corrected chi connectivity index (χ2v) is 7.18. The van der Waals surface area contributed by atoms with E-state index in [0.717, 1.165) is 16.0 Å².